The minimum atomic E-state index is -1.27. The van der Waals surface area contributed by atoms with Crippen molar-refractivity contribution in [2.45, 2.75) is 38.3 Å². The Balaban J connectivity index is 0.00000147. The Bertz CT molecular complexity index is 525. The summed E-state index contributed by atoms with van der Waals surface area (Å²) in [6.07, 6.45) is 4.28. The molecule has 20 heavy (non-hydrogen) atoms. The molecule has 1 saturated heterocycles. The van der Waals surface area contributed by atoms with Crippen molar-refractivity contribution in [3.05, 3.63) is 22.9 Å². The number of fused-ring (bicyclic) bond motifs is 3. The van der Waals surface area contributed by atoms with Gasteiger partial charge >= 0.3 is 29.6 Å². The Hall–Kier alpha value is -0.620. The van der Waals surface area contributed by atoms with E-state index < -0.39 is 5.97 Å². The molecule has 5 nitrogen and oxygen atoms in total. The molecule has 0 bridgehead atoms. The van der Waals surface area contributed by atoms with E-state index in [0.29, 0.717) is 0 Å². The monoisotopic (exact) mass is 285 g/mol. The molecular weight excluding hydrogens is 269 g/mol. The van der Waals surface area contributed by atoms with Crippen LogP contribution in [-0.4, -0.2) is 36.0 Å². The van der Waals surface area contributed by atoms with Crippen LogP contribution in [0.4, 0.5) is 0 Å². The summed E-state index contributed by atoms with van der Waals surface area (Å²) in [6, 6.07) is -0.113. The van der Waals surface area contributed by atoms with E-state index in [-0.39, 0.29) is 59.2 Å². The molecule has 3 atom stereocenters. The number of methoxy groups -OCH3 is 1. The van der Waals surface area contributed by atoms with Crippen LogP contribution in [0.3, 0.4) is 0 Å². The molecule has 0 N–H and O–H groups in total. The zero-order valence-corrected chi connectivity index (χ0v) is 14.0. The van der Waals surface area contributed by atoms with Crippen molar-refractivity contribution in [1.29, 1.82) is 0 Å². The predicted molar refractivity (Wildman–Crippen MR) is 64.6 cm³/mol. The van der Waals surface area contributed by atoms with E-state index >= 15 is 0 Å². The second kappa shape index (κ2) is 5.64. The fourth-order valence-electron chi connectivity index (χ4n) is 3.73. The van der Waals surface area contributed by atoms with E-state index in [1.165, 1.54) is 4.90 Å². The Kier molecular flexibility index (Phi) is 4.44. The molecule has 0 unspecified atom stereocenters. The second-order valence-corrected chi connectivity index (χ2v) is 5.22. The number of amides is 1. The van der Waals surface area contributed by atoms with E-state index in [4.69, 9.17) is 4.74 Å². The topological polar surface area (TPSA) is 69.7 Å². The molecule has 2 fully saturated rings. The molecule has 3 aliphatic rings. The van der Waals surface area contributed by atoms with Gasteiger partial charge in [-0.25, -0.2) is 0 Å². The molecule has 1 amide bonds. The van der Waals surface area contributed by atoms with Crippen LogP contribution in [0.15, 0.2) is 22.9 Å². The van der Waals surface area contributed by atoms with Gasteiger partial charge in [0.15, 0.2) is 0 Å². The van der Waals surface area contributed by atoms with Gasteiger partial charge in [-0.05, 0) is 31.8 Å². The van der Waals surface area contributed by atoms with Crippen LogP contribution >= 0.6 is 0 Å². The number of carbonyl (C=O) groups is 2. The summed E-state index contributed by atoms with van der Waals surface area (Å²) in [5.74, 6) is -1.39. The van der Waals surface area contributed by atoms with E-state index in [1.54, 1.807) is 13.2 Å². The number of hydrogen-bond acceptors (Lipinski definition) is 4. The number of carboxylic acids is 1. The van der Waals surface area contributed by atoms with E-state index in [0.717, 1.165) is 30.4 Å². The average Bonchev–Trinajstić information content (AvgIpc) is 2.70. The first-order valence-corrected chi connectivity index (χ1v) is 6.59. The minimum absolute atomic E-state index is 0. The maximum Gasteiger partial charge on any atom is 1.00 e. The van der Waals surface area contributed by atoms with E-state index in [1.807, 2.05) is 6.92 Å². The Morgan fingerprint density at radius 3 is 2.70 bits per heavy atom. The number of aliphatic carboxylic acids is 1. The smallest absolute Gasteiger partial charge is 0.543 e. The van der Waals surface area contributed by atoms with Crippen molar-refractivity contribution in [1.82, 2.24) is 4.90 Å². The van der Waals surface area contributed by atoms with Gasteiger partial charge in [0.2, 0.25) is 0 Å². The molecule has 0 aromatic carbocycles. The summed E-state index contributed by atoms with van der Waals surface area (Å²) in [7, 11) is 1.58. The normalized spacial score (nSPS) is 33.5. The summed E-state index contributed by atoms with van der Waals surface area (Å²) in [6.45, 7) is 1.82. The van der Waals surface area contributed by atoms with Crippen LogP contribution in [0.1, 0.15) is 26.2 Å². The Labute approximate surface area is 139 Å². The largest absolute Gasteiger partial charge is 1.00 e. The molecule has 1 aliphatic carbocycles. The number of ether oxygens (including phenoxy) is 1. The molecule has 2 aliphatic heterocycles. The van der Waals surface area contributed by atoms with Crippen LogP contribution in [0.5, 0.6) is 0 Å². The molecule has 0 radical (unpaired) electrons. The fourth-order valence-corrected chi connectivity index (χ4v) is 3.73. The number of rotatable bonds is 2. The van der Waals surface area contributed by atoms with E-state index in [2.05, 4.69) is 0 Å². The van der Waals surface area contributed by atoms with Gasteiger partial charge in [0.25, 0.3) is 5.91 Å². The van der Waals surface area contributed by atoms with Crippen molar-refractivity contribution in [3.8, 4) is 0 Å². The van der Waals surface area contributed by atoms with Gasteiger partial charge in [-0.15, -0.1) is 0 Å². The Morgan fingerprint density at radius 1 is 1.45 bits per heavy atom. The number of carboxylic acid groups (broad SMARTS) is 1. The summed E-state index contributed by atoms with van der Waals surface area (Å²) in [5.41, 5.74) is 1.52. The standard InChI is InChI=1S/C14H17NO4.Na/c1-3-7-11-8-5-4-6-9(19-2)10(8)12(14(17)18)15(11)13(7)16;/h3,8-9,11H,4-6H2,1-2H3,(H,17,18);/q;+1/p-1/b7-3+;/t8-,9-,11-;/m0./s1. The summed E-state index contributed by atoms with van der Waals surface area (Å²) in [4.78, 5) is 24.8. The van der Waals surface area contributed by atoms with Crippen LogP contribution in [0.25, 0.3) is 0 Å². The van der Waals surface area contributed by atoms with Crippen molar-refractivity contribution in [2.24, 2.45) is 5.92 Å². The third-order valence-corrected chi connectivity index (χ3v) is 4.47. The summed E-state index contributed by atoms with van der Waals surface area (Å²) < 4.78 is 5.41. The molecule has 2 heterocycles. The van der Waals surface area contributed by atoms with Crippen LogP contribution in [0, 0.1) is 5.92 Å². The Morgan fingerprint density at radius 2 is 2.15 bits per heavy atom. The zero-order chi connectivity index (χ0) is 13.7. The number of hydrogen-bond donors (Lipinski definition) is 0. The molecule has 0 aromatic heterocycles. The minimum Gasteiger partial charge on any atom is -0.543 e. The van der Waals surface area contributed by atoms with Crippen molar-refractivity contribution < 1.29 is 49.0 Å². The molecular formula is C14H16NNaO4. The molecule has 1 saturated carbocycles. The van der Waals surface area contributed by atoms with Gasteiger partial charge in [-0.1, -0.05) is 6.08 Å². The summed E-state index contributed by atoms with van der Waals surface area (Å²) >= 11 is 0. The first kappa shape index (κ1) is 15.8. The quantitative estimate of drug-likeness (QED) is 0.308. The van der Waals surface area contributed by atoms with Gasteiger partial charge in [0.05, 0.1) is 23.8 Å². The van der Waals surface area contributed by atoms with Gasteiger partial charge in [0.1, 0.15) is 0 Å². The summed E-state index contributed by atoms with van der Waals surface area (Å²) in [5, 5.41) is 11.4. The number of β-lactam (4-membered cyclic amide) rings is 1. The average molecular weight is 285 g/mol. The number of carbonyl (C=O) groups excluding carboxylic acids is 2. The first-order valence-electron chi connectivity index (χ1n) is 6.59. The maximum absolute atomic E-state index is 12.0. The first-order chi connectivity index (χ1) is 9.11. The third-order valence-electron chi connectivity index (χ3n) is 4.47. The molecule has 3 rings (SSSR count). The molecule has 6 heteroatoms. The molecule has 0 aromatic rings. The van der Waals surface area contributed by atoms with Gasteiger partial charge in [-0.2, -0.15) is 0 Å². The maximum atomic E-state index is 12.0. The van der Waals surface area contributed by atoms with Crippen LogP contribution < -0.4 is 34.7 Å². The fraction of sp³-hybridized carbons (Fsp3) is 0.571. The van der Waals surface area contributed by atoms with Crippen molar-refractivity contribution in [3.63, 3.8) is 0 Å². The van der Waals surface area contributed by atoms with Crippen molar-refractivity contribution in [2.75, 3.05) is 7.11 Å². The zero-order valence-electron chi connectivity index (χ0n) is 12.0. The predicted octanol–water partition coefficient (Wildman–Crippen LogP) is -3.02. The molecule has 102 valence electrons. The van der Waals surface area contributed by atoms with Crippen LogP contribution in [0.2, 0.25) is 0 Å². The second-order valence-electron chi connectivity index (χ2n) is 5.22. The van der Waals surface area contributed by atoms with Gasteiger partial charge in [0, 0.05) is 18.6 Å². The molecule has 0 spiro atoms. The van der Waals surface area contributed by atoms with Crippen molar-refractivity contribution >= 4 is 11.9 Å². The number of nitrogens with zero attached hydrogens (tertiary/aromatic N) is 1. The van der Waals surface area contributed by atoms with Gasteiger partial charge < -0.3 is 14.6 Å². The number of allylic oxidation sites excluding steroid dienone is 1. The van der Waals surface area contributed by atoms with Crippen LogP contribution in [-0.2, 0) is 14.3 Å². The van der Waals surface area contributed by atoms with E-state index in [9.17, 15) is 14.7 Å². The van der Waals surface area contributed by atoms with Gasteiger partial charge in [-0.3, -0.25) is 9.69 Å². The third kappa shape index (κ3) is 1.91. The SMILES string of the molecule is C/C=C1/C(=O)N2C(C(=O)[O-])=C3[C@@H](OC)CCC[C@@H]3[C@H]12.[Na+].